The van der Waals surface area contributed by atoms with E-state index in [9.17, 15) is 4.79 Å². The molecule has 1 aromatic carbocycles. The Hall–Kier alpha value is -2.01. The molecule has 1 aliphatic heterocycles. The number of hydrogen-bond acceptors (Lipinski definition) is 4. The van der Waals surface area contributed by atoms with Crippen LogP contribution in [-0.2, 0) is 6.54 Å². The summed E-state index contributed by atoms with van der Waals surface area (Å²) >= 11 is 1.42. The van der Waals surface area contributed by atoms with Gasteiger partial charge in [0.15, 0.2) is 11.5 Å². The van der Waals surface area contributed by atoms with Gasteiger partial charge in [0.2, 0.25) is 6.79 Å². The van der Waals surface area contributed by atoms with E-state index in [4.69, 9.17) is 9.47 Å². The summed E-state index contributed by atoms with van der Waals surface area (Å²) in [4.78, 5) is 12.5. The van der Waals surface area contributed by atoms with Crippen molar-refractivity contribution in [2.24, 2.45) is 0 Å². The summed E-state index contributed by atoms with van der Waals surface area (Å²) in [6.07, 6.45) is 0. The standard InChI is InChI=1S/C13H11NO3S/c15-13(11-5-2-6-18-11)14-7-9-3-1-4-10-12(9)17-8-16-10/h1-6H,7-8H2,(H,14,15). The highest BCUT2D eigenvalue weighted by atomic mass is 32.1. The molecule has 2 heterocycles. The van der Waals surface area contributed by atoms with E-state index in [-0.39, 0.29) is 12.7 Å². The molecule has 0 saturated carbocycles. The lowest BCUT2D eigenvalue weighted by molar-refractivity contribution is 0.0954. The third-order valence-corrected chi connectivity index (χ3v) is 3.53. The van der Waals surface area contributed by atoms with Crippen molar-refractivity contribution in [1.82, 2.24) is 5.32 Å². The fourth-order valence-corrected chi connectivity index (χ4v) is 2.44. The number of carbonyl (C=O) groups excluding carboxylic acids is 1. The van der Waals surface area contributed by atoms with E-state index in [2.05, 4.69) is 5.32 Å². The minimum absolute atomic E-state index is 0.0680. The molecule has 3 rings (SSSR count). The second kappa shape index (κ2) is 4.70. The quantitative estimate of drug-likeness (QED) is 0.923. The van der Waals surface area contributed by atoms with E-state index in [1.165, 1.54) is 11.3 Å². The van der Waals surface area contributed by atoms with Crippen molar-refractivity contribution >= 4 is 17.2 Å². The van der Waals surface area contributed by atoms with Gasteiger partial charge < -0.3 is 14.8 Å². The normalized spacial score (nSPS) is 12.4. The van der Waals surface area contributed by atoms with E-state index in [1.807, 2.05) is 29.6 Å². The van der Waals surface area contributed by atoms with Crippen LogP contribution in [0.2, 0.25) is 0 Å². The fraction of sp³-hybridized carbons (Fsp3) is 0.154. The summed E-state index contributed by atoms with van der Waals surface area (Å²) in [6, 6.07) is 9.32. The largest absolute Gasteiger partial charge is 0.454 e. The molecule has 1 aromatic heterocycles. The molecule has 0 radical (unpaired) electrons. The number of para-hydroxylation sites is 1. The Morgan fingerprint density at radius 2 is 2.22 bits per heavy atom. The maximum atomic E-state index is 11.8. The molecule has 1 amide bonds. The first-order chi connectivity index (χ1) is 8.84. The van der Waals surface area contributed by atoms with Crippen LogP contribution in [0.15, 0.2) is 35.7 Å². The van der Waals surface area contributed by atoms with Crippen LogP contribution in [-0.4, -0.2) is 12.7 Å². The van der Waals surface area contributed by atoms with Crippen molar-refractivity contribution < 1.29 is 14.3 Å². The predicted octanol–water partition coefficient (Wildman–Crippen LogP) is 2.41. The summed E-state index contributed by atoms with van der Waals surface area (Å²) in [5.74, 6) is 1.39. The molecule has 0 aliphatic carbocycles. The van der Waals surface area contributed by atoms with Crippen LogP contribution in [0.3, 0.4) is 0 Å². The highest BCUT2D eigenvalue weighted by molar-refractivity contribution is 7.12. The van der Waals surface area contributed by atoms with Crippen molar-refractivity contribution in [3.8, 4) is 11.5 Å². The van der Waals surface area contributed by atoms with Crippen molar-refractivity contribution in [3.63, 3.8) is 0 Å². The molecule has 4 nitrogen and oxygen atoms in total. The van der Waals surface area contributed by atoms with E-state index in [0.29, 0.717) is 11.4 Å². The predicted molar refractivity (Wildman–Crippen MR) is 68.1 cm³/mol. The zero-order chi connectivity index (χ0) is 12.4. The first-order valence-electron chi connectivity index (χ1n) is 5.54. The summed E-state index contributed by atoms with van der Waals surface area (Å²) < 4.78 is 10.7. The highest BCUT2D eigenvalue weighted by Crippen LogP contribution is 2.35. The molecule has 1 aliphatic rings. The molecule has 0 bridgehead atoms. The number of amides is 1. The number of carbonyl (C=O) groups is 1. The third-order valence-electron chi connectivity index (χ3n) is 2.66. The van der Waals surface area contributed by atoms with Crippen LogP contribution in [0.25, 0.3) is 0 Å². The molecular formula is C13H11NO3S. The highest BCUT2D eigenvalue weighted by Gasteiger charge is 2.17. The lowest BCUT2D eigenvalue weighted by atomic mass is 10.2. The van der Waals surface area contributed by atoms with Gasteiger partial charge in [0, 0.05) is 12.1 Å². The average molecular weight is 261 g/mol. The number of benzene rings is 1. The van der Waals surface area contributed by atoms with Crippen LogP contribution in [0.5, 0.6) is 11.5 Å². The molecule has 2 aromatic rings. The molecule has 18 heavy (non-hydrogen) atoms. The first-order valence-corrected chi connectivity index (χ1v) is 6.42. The van der Waals surface area contributed by atoms with Gasteiger partial charge >= 0.3 is 0 Å². The van der Waals surface area contributed by atoms with E-state index in [1.54, 1.807) is 6.07 Å². The Kier molecular flexibility index (Phi) is 2.90. The minimum atomic E-state index is -0.0680. The van der Waals surface area contributed by atoms with Crippen molar-refractivity contribution in [2.45, 2.75) is 6.54 Å². The van der Waals surface area contributed by atoms with Crippen molar-refractivity contribution in [1.29, 1.82) is 0 Å². The zero-order valence-corrected chi connectivity index (χ0v) is 10.3. The van der Waals surface area contributed by atoms with Crippen LogP contribution in [0, 0.1) is 0 Å². The van der Waals surface area contributed by atoms with E-state index in [0.717, 1.165) is 17.1 Å². The van der Waals surface area contributed by atoms with Gasteiger partial charge in [-0.2, -0.15) is 0 Å². The van der Waals surface area contributed by atoms with Crippen molar-refractivity contribution in [2.75, 3.05) is 6.79 Å². The number of thiophene rings is 1. The Morgan fingerprint density at radius 3 is 3.06 bits per heavy atom. The smallest absolute Gasteiger partial charge is 0.261 e. The van der Waals surface area contributed by atoms with Crippen molar-refractivity contribution in [3.05, 3.63) is 46.2 Å². The first kappa shape index (κ1) is 11.1. The maximum Gasteiger partial charge on any atom is 0.261 e. The molecule has 0 spiro atoms. The monoisotopic (exact) mass is 261 g/mol. The Labute approximate surface area is 108 Å². The van der Waals surface area contributed by atoms with Crippen LogP contribution in [0.1, 0.15) is 15.2 Å². The van der Waals surface area contributed by atoms with E-state index < -0.39 is 0 Å². The number of nitrogens with one attached hydrogen (secondary N) is 1. The van der Waals surface area contributed by atoms with Crippen LogP contribution < -0.4 is 14.8 Å². The summed E-state index contributed by atoms with van der Waals surface area (Å²) in [5, 5.41) is 4.75. The van der Waals surface area contributed by atoms with Crippen LogP contribution in [0.4, 0.5) is 0 Å². The third kappa shape index (κ3) is 2.04. The molecule has 1 N–H and O–H groups in total. The van der Waals surface area contributed by atoms with Gasteiger partial charge in [0.25, 0.3) is 5.91 Å². The number of rotatable bonds is 3. The van der Waals surface area contributed by atoms with Gasteiger partial charge in [0.1, 0.15) is 0 Å². The zero-order valence-electron chi connectivity index (χ0n) is 9.51. The summed E-state index contributed by atoms with van der Waals surface area (Å²) in [7, 11) is 0. The van der Waals surface area contributed by atoms with Gasteiger partial charge in [-0.15, -0.1) is 11.3 Å². The lowest BCUT2D eigenvalue weighted by Gasteiger charge is -2.06. The van der Waals surface area contributed by atoms with Gasteiger partial charge in [-0.25, -0.2) is 0 Å². The Bertz CT molecular complexity index is 566. The van der Waals surface area contributed by atoms with E-state index >= 15 is 0 Å². The van der Waals surface area contributed by atoms with Crippen LogP contribution >= 0.6 is 11.3 Å². The molecular weight excluding hydrogens is 250 g/mol. The summed E-state index contributed by atoms with van der Waals surface area (Å²) in [6.45, 7) is 0.675. The second-order valence-electron chi connectivity index (χ2n) is 3.81. The Morgan fingerprint density at radius 1 is 1.28 bits per heavy atom. The molecule has 5 heteroatoms. The van der Waals surface area contributed by atoms with Gasteiger partial charge in [-0.3, -0.25) is 4.79 Å². The van der Waals surface area contributed by atoms with Gasteiger partial charge in [0.05, 0.1) is 4.88 Å². The average Bonchev–Trinajstić information content (AvgIpc) is 3.05. The van der Waals surface area contributed by atoms with Gasteiger partial charge in [-0.05, 0) is 17.5 Å². The second-order valence-corrected chi connectivity index (χ2v) is 4.76. The lowest BCUT2D eigenvalue weighted by Crippen LogP contribution is -2.21. The Balaban J connectivity index is 1.71. The number of fused-ring (bicyclic) bond motifs is 1. The molecule has 0 saturated heterocycles. The topological polar surface area (TPSA) is 47.6 Å². The molecule has 0 unspecified atom stereocenters. The van der Waals surface area contributed by atoms with Gasteiger partial charge in [-0.1, -0.05) is 18.2 Å². The molecule has 0 fully saturated rings. The minimum Gasteiger partial charge on any atom is -0.454 e. The number of ether oxygens (including phenoxy) is 2. The molecule has 92 valence electrons. The number of hydrogen-bond donors (Lipinski definition) is 1. The fourth-order valence-electron chi connectivity index (χ4n) is 1.80. The SMILES string of the molecule is O=C(NCc1cccc2c1OCO2)c1cccs1. The molecule has 0 atom stereocenters. The maximum absolute atomic E-state index is 11.8. The summed E-state index contributed by atoms with van der Waals surface area (Å²) in [5.41, 5.74) is 0.926.